The first-order valence-electron chi connectivity index (χ1n) is 10.2. The normalized spacial score (nSPS) is 15.9. The van der Waals surface area contributed by atoms with Gasteiger partial charge in [0.15, 0.2) is 0 Å². The van der Waals surface area contributed by atoms with E-state index in [2.05, 4.69) is 31.2 Å². The smallest absolute Gasteiger partial charge is 0.293 e. The lowest BCUT2D eigenvalue weighted by Crippen LogP contribution is -2.33. The van der Waals surface area contributed by atoms with Crippen LogP contribution in [-0.2, 0) is 17.6 Å². The van der Waals surface area contributed by atoms with Crippen molar-refractivity contribution in [1.82, 2.24) is 4.90 Å². The van der Waals surface area contributed by atoms with Crippen LogP contribution in [0.15, 0.2) is 35.2 Å². The third-order valence-corrected chi connectivity index (χ3v) is 5.79. The molecule has 1 heterocycles. The predicted molar refractivity (Wildman–Crippen MR) is 114 cm³/mol. The van der Waals surface area contributed by atoms with Crippen LogP contribution in [0, 0.1) is 0 Å². The number of amides is 2. The molecule has 0 spiro atoms. The zero-order valence-corrected chi connectivity index (χ0v) is 17.2. The molecule has 0 bridgehead atoms. The zero-order valence-electron chi connectivity index (χ0n) is 16.4. The Balaban J connectivity index is 1.72. The standard InChI is InChI=1S/C22H32N2O2S/c1-2-3-4-5-6-7-9-18-12-14-19(15-13-18)10-8-11-20-21(25)24(17-16-23)22(26)27-20/h11-15H,2-10,16-17,23H2,1H3/b20-11-. The van der Waals surface area contributed by atoms with Crippen molar-refractivity contribution in [3.05, 3.63) is 46.4 Å². The van der Waals surface area contributed by atoms with Crippen molar-refractivity contribution in [1.29, 1.82) is 0 Å². The molecule has 0 atom stereocenters. The largest absolute Gasteiger partial charge is 0.329 e. The molecule has 2 amide bonds. The number of allylic oxidation sites excluding steroid dienone is 1. The molecular weight excluding hydrogens is 356 g/mol. The average molecular weight is 389 g/mol. The lowest BCUT2D eigenvalue weighted by molar-refractivity contribution is -0.122. The van der Waals surface area contributed by atoms with Crippen LogP contribution in [0.25, 0.3) is 0 Å². The van der Waals surface area contributed by atoms with Crippen molar-refractivity contribution in [2.45, 2.75) is 64.7 Å². The summed E-state index contributed by atoms with van der Waals surface area (Å²) in [5, 5.41) is -0.212. The minimum Gasteiger partial charge on any atom is -0.329 e. The van der Waals surface area contributed by atoms with E-state index < -0.39 is 0 Å². The Morgan fingerprint density at radius 2 is 1.59 bits per heavy atom. The maximum Gasteiger partial charge on any atom is 0.293 e. The molecule has 1 aromatic carbocycles. The zero-order chi connectivity index (χ0) is 19.5. The van der Waals surface area contributed by atoms with E-state index in [0.29, 0.717) is 18.0 Å². The van der Waals surface area contributed by atoms with Gasteiger partial charge >= 0.3 is 0 Å². The van der Waals surface area contributed by atoms with Gasteiger partial charge in [-0.3, -0.25) is 14.5 Å². The molecule has 2 N–H and O–H groups in total. The molecule has 1 saturated heterocycles. The topological polar surface area (TPSA) is 63.4 Å². The van der Waals surface area contributed by atoms with Crippen LogP contribution in [0.4, 0.5) is 4.79 Å². The first-order chi connectivity index (χ1) is 13.2. The van der Waals surface area contributed by atoms with E-state index in [1.54, 1.807) is 0 Å². The van der Waals surface area contributed by atoms with Crippen molar-refractivity contribution >= 4 is 22.9 Å². The number of hydrogen-bond donors (Lipinski definition) is 1. The van der Waals surface area contributed by atoms with E-state index in [1.165, 1.54) is 54.6 Å². The van der Waals surface area contributed by atoms with Gasteiger partial charge in [-0.15, -0.1) is 0 Å². The molecule has 5 heteroatoms. The van der Waals surface area contributed by atoms with E-state index in [4.69, 9.17) is 5.73 Å². The summed E-state index contributed by atoms with van der Waals surface area (Å²) in [7, 11) is 0. The fourth-order valence-electron chi connectivity index (χ4n) is 3.21. The Labute approximate surface area is 167 Å². The monoisotopic (exact) mass is 388 g/mol. The molecule has 1 aliphatic heterocycles. The molecule has 0 unspecified atom stereocenters. The molecule has 0 aromatic heterocycles. The highest BCUT2D eigenvalue weighted by atomic mass is 32.2. The average Bonchev–Trinajstić information content (AvgIpc) is 2.94. The maximum absolute atomic E-state index is 12.1. The second-order valence-corrected chi connectivity index (χ2v) is 8.05. The Morgan fingerprint density at radius 1 is 0.963 bits per heavy atom. The summed E-state index contributed by atoms with van der Waals surface area (Å²) in [6.45, 7) is 2.84. The highest BCUT2D eigenvalue weighted by Crippen LogP contribution is 2.30. The number of nitrogens with two attached hydrogens (primary N) is 1. The minimum absolute atomic E-state index is 0.204. The number of nitrogens with zero attached hydrogens (tertiary/aromatic N) is 1. The molecule has 1 aromatic rings. The third kappa shape index (κ3) is 7.15. The van der Waals surface area contributed by atoms with Gasteiger partial charge in [-0.1, -0.05) is 69.4 Å². The Morgan fingerprint density at radius 3 is 2.26 bits per heavy atom. The van der Waals surface area contributed by atoms with Crippen LogP contribution in [0.5, 0.6) is 0 Å². The van der Waals surface area contributed by atoms with Crippen LogP contribution in [0.1, 0.15) is 63.0 Å². The second-order valence-electron chi connectivity index (χ2n) is 7.05. The summed E-state index contributed by atoms with van der Waals surface area (Å²) in [4.78, 5) is 25.7. The quantitative estimate of drug-likeness (QED) is 0.401. The molecule has 0 saturated carbocycles. The molecule has 1 aliphatic rings. The van der Waals surface area contributed by atoms with Crippen LogP contribution < -0.4 is 5.73 Å². The first kappa shape index (κ1) is 21.7. The number of imide groups is 1. The molecular formula is C22H32N2O2S. The number of rotatable bonds is 12. The number of thioether (sulfide) groups is 1. The second kappa shape index (κ2) is 12.0. The third-order valence-electron chi connectivity index (χ3n) is 4.83. The lowest BCUT2D eigenvalue weighted by atomic mass is 10.0. The molecule has 0 aliphatic carbocycles. The van der Waals surface area contributed by atoms with Crippen LogP contribution in [0.2, 0.25) is 0 Å². The van der Waals surface area contributed by atoms with Gasteiger partial charge in [-0.25, -0.2) is 0 Å². The first-order valence-corrected chi connectivity index (χ1v) is 11.0. The lowest BCUT2D eigenvalue weighted by Gasteiger charge is -2.09. The summed E-state index contributed by atoms with van der Waals surface area (Å²) >= 11 is 1.02. The summed E-state index contributed by atoms with van der Waals surface area (Å²) < 4.78 is 0. The van der Waals surface area contributed by atoms with Crippen molar-refractivity contribution in [3.8, 4) is 0 Å². The highest BCUT2D eigenvalue weighted by Gasteiger charge is 2.33. The Hall–Kier alpha value is -1.59. The van der Waals surface area contributed by atoms with Gasteiger partial charge in [0.05, 0.1) is 4.91 Å². The number of carbonyl (C=O) groups excluding carboxylic acids is 2. The van der Waals surface area contributed by atoms with Crippen LogP contribution in [-0.4, -0.2) is 29.1 Å². The van der Waals surface area contributed by atoms with Gasteiger partial charge in [0, 0.05) is 13.1 Å². The van der Waals surface area contributed by atoms with Crippen molar-refractivity contribution < 1.29 is 9.59 Å². The van der Waals surface area contributed by atoms with E-state index >= 15 is 0 Å². The Bertz CT molecular complexity index is 640. The summed E-state index contributed by atoms with van der Waals surface area (Å²) in [5.74, 6) is -0.204. The van der Waals surface area contributed by atoms with E-state index in [0.717, 1.165) is 31.0 Å². The summed E-state index contributed by atoms with van der Waals surface area (Å²) in [6, 6.07) is 8.80. The molecule has 148 valence electrons. The van der Waals surface area contributed by atoms with Gasteiger partial charge in [0.25, 0.3) is 11.1 Å². The minimum atomic E-state index is -0.212. The van der Waals surface area contributed by atoms with Crippen molar-refractivity contribution in [3.63, 3.8) is 0 Å². The van der Waals surface area contributed by atoms with Gasteiger partial charge in [0.2, 0.25) is 0 Å². The fraction of sp³-hybridized carbons (Fsp3) is 0.545. The molecule has 4 nitrogen and oxygen atoms in total. The number of aryl methyl sites for hydroxylation is 2. The van der Waals surface area contributed by atoms with Gasteiger partial charge in [0.1, 0.15) is 0 Å². The summed E-state index contributed by atoms with van der Waals surface area (Å²) in [6.07, 6.45) is 12.6. The number of benzene rings is 1. The summed E-state index contributed by atoms with van der Waals surface area (Å²) in [5.41, 5.74) is 8.11. The maximum atomic E-state index is 12.1. The number of carbonyl (C=O) groups is 2. The Kier molecular flexibility index (Phi) is 9.64. The SMILES string of the molecule is CCCCCCCCc1ccc(CC/C=C2\SC(=O)N(CCN)C2=O)cc1. The van der Waals surface area contributed by atoms with Gasteiger partial charge in [-0.2, -0.15) is 0 Å². The van der Waals surface area contributed by atoms with Gasteiger partial charge < -0.3 is 5.73 Å². The highest BCUT2D eigenvalue weighted by molar-refractivity contribution is 8.18. The number of unbranched alkanes of at least 4 members (excludes halogenated alkanes) is 5. The molecule has 2 rings (SSSR count). The van der Waals surface area contributed by atoms with E-state index in [1.807, 2.05) is 6.08 Å². The number of hydrogen-bond acceptors (Lipinski definition) is 4. The predicted octanol–water partition coefficient (Wildman–Crippen LogP) is 5.06. The van der Waals surface area contributed by atoms with Crippen molar-refractivity contribution in [2.75, 3.05) is 13.1 Å². The van der Waals surface area contributed by atoms with E-state index in [9.17, 15) is 9.59 Å². The molecule has 1 fully saturated rings. The molecule has 27 heavy (non-hydrogen) atoms. The van der Waals surface area contributed by atoms with Crippen LogP contribution in [0.3, 0.4) is 0 Å². The van der Waals surface area contributed by atoms with Crippen LogP contribution >= 0.6 is 11.8 Å². The fourth-order valence-corrected chi connectivity index (χ4v) is 4.08. The van der Waals surface area contributed by atoms with Crippen molar-refractivity contribution in [2.24, 2.45) is 5.73 Å². The molecule has 0 radical (unpaired) electrons. The van der Waals surface area contributed by atoms with E-state index in [-0.39, 0.29) is 11.1 Å². The van der Waals surface area contributed by atoms with Gasteiger partial charge in [-0.05, 0) is 48.6 Å².